The smallest absolute Gasteiger partial charge is 0.413 e. The van der Waals surface area contributed by atoms with Crippen molar-refractivity contribution in [2.45, 2.75) is 200 Å². The molecule has 1 aliphatic heterocycles. The van der Waals surface area contributed by atoms with E-state index in [1.165, 1.54) is 70.6 Å². The summed E-state index contributed by atoms with van der Waals surface area (Å²) in [4.78, 5) is 15.3. The third-order valence-electron chi connectivity index (χ3n) is 8.82. The summed E-state index contributed by atoms with van der Waals surface area (Å²) in [5.41, 5.74) is 0.0709. The Hall–Kier alpha value is -0.853. The summed E-state index contributed by atoms with van der Waals surface area (Å²) in [7, 11) is -2.11. The van der Waals surface area contributed by atoms with Crippen LogP contribution in [0.15, 0.2) is 12.2 Å². The Morgan fingerprint density at radius 3 is 1.76 bits per heavy atom. The minimum Gasteiger partial charge on any atom is -0.444 e. The number of unbranched alkanes of at least 4 members (excludes halogenated alkanes) is 11. The predicted octanol–water partition coefficient (Wildman–Crippen LogP) is 11.2. The molecule has 1 heterocycles. The highest BCUT2D eigenvalue weighted by molar-refractivity contribution is 6.77. The van der Waals surface area contributed by atoms with Gasteiger partial charge in [0.2, 0.25) is 0 Å². The Bertz CT molecular complexity index is 734. The first-order valence-electron chi connectivity index (χ1n) is 17.1. The van der Waals surface area contributed by atoms with Crippen LogP contribution in [0.25, 0.3) is 0 Å². The molecule has 0 aromatic carbocycles. The van der Waals surface area contributed by atoms with Crippen molar-refractivity contribution in [3.05, 3.63) is 12.2 Å². The maximum atomic E-state index is 13.5. The van der Waals surface area contributed by atoms with E-state index in [1.54, 1.807) is 4.90 Å². The fourth-order valence-electron chi connectivity index (χ4n) is 6.90. The van der Waals surface area contributed by atoms with Gasteiger partial charge in [-0.15, -0.1) is 0 Å². The first-order chi connectivity index (χ1) is 19.1. The second-order valence-electron chi connectivity index (χ2n) is 14.8. The van der Waals surface area contributed by atoms with Crippen LogP contribution in [0.4, 0.5) is 4.79 Å². The lowest BCUT2D eigenvalue weighted by Crippen LogP contribution is -2.55. The van der Waals surface area contributed by atoms with Crippen LogP contribution in [-0.4, -0.2) is 49.4 Å². The molecule has 1 rings (SSSR count). The van der Waals surface area contributed by atoms with Gasteiger partial charge < -0.3 is 13.9 Å². The Balaban J connectivity index is 2.85. The Morgan fingerprint density at radius 1 is 0.854 bits per heavy atom. The second kappa shape index (κ2) is 18.1. The van der Waals surface area contributed by atoms with E-state index < -0.39 is 19.6 Å². The predicted molar refractivity (Wildman–Crippen MR) is 178 cm³/mol. The van der Waals surface area contributed by atoms with E-state index >= 15 is 0 Å². The number of amides is 1. The molecule has 41 heavy (non-hydrogen) atoms. The number of carbonyl (C=O) groups is 1. The average Bonchev–Trinajstić information content (AvgIpc) is 3.10. The summed E-state index contributed by atoms with van der Waals surface area (Å²) in [6.45, 7) is 26.3. The minimum absolute atomic E-state index is 0.219. The number of hydrogen-bond donors (Lipinski definition) is 0. The number of rotatable bonds is 19. The molecule has 0 aliphatic carbocycles. The molecule has 1 fully saturated rings. The summed E-state index contributed by atoms with van der Waals surface area (Å²) in [6, 6.07) is -0.225. The Kier molecular flexibility index (Phi) is 16.8. The molecule has 2 atom stereocenters. The second-order valence-corrected chi connectivity index (χ2v) is 20.3. The molecular weight excluding hydrogens is 526 g/mol. The molecule has 1 amide bonds. The van der Waals surface area contributed by atoms with Crippen LogP contribution in [0.2, 0.25) is 16.6 Å². The van der Waals surface area contributed by atoms with Crippen molar-refractivity contribution in [1.82, 2.24) is 4.90 Å². The van der Waals surface area contributed by atoms with Gasteiger partial charge in [-0.2, -0.15) is 0 Å². The highest BCUT2D eigenvalue weighted by atomic mass is 28.4. The van der Waals surface area contributed by atoms with E-state index in [1.807, 2.05) is 34.6 Å². The van der Waals surface area contributed by atoms with Gasteiger partial charge in [-0.3, -0.25) is 4.90 Å². The van der Waals surface area contributed by atoms with Crippen LogP contribution >= 0.6 is 0 Å². The standard InChI is InChI=1S/C35H69NO4Si/c1-13-14-15-16-17-18-19-20-21-22-23-24-25-26-32-31(27-38-41(28(2)3,29(4)5)30(6)7)36(35(11,12)39-32)33(37)40-34(8,9)10/h25-26,28-32H,13-24,27H2,1-12H3/b26-25+/t31-,32+/m0/s1. The monoisotopic (exact) mass is 595 g/mol. The third kappa shape index (κ3) is 12.3. The van der Waals surface area contributed by atoms with Crippen molar-refractivity contribution in [3.63, 3.8) is 0 Å². The van der Waals surface area contributed by atoms with Crippen molar-refractivity contribution in [1.29, 1.82) is 0 Å². The molecule has 0 bridgehead atoms. The van der Waals surface area contributed by atoms with Gasteiger partial charge in [0.1, 0.15) is 17.4 Å². The van der Waals surface area contributed by atoms with Gasteiger partial charge in [0.25, 0.3) is 0 Å². The fourth-order valence-corrected chi connectivity index (χ4v) is 12.4. The van der Waals surface area contributed by atoms with Crippen LogP contribution in [0.3, 0.4) is 0 Å². The maximum absolute atomic E-state index is 13.5. The van der Waals surface area contributed by atoms with Gasteiger partial charge in [0.05, 0.1) is 12.6 Å². The van der Waals surface area contributed by atoms with E-state index in [-0.39, 0.29) is 18.2 Å². The Labute approximate surface area is 256 Å². The van der Waals surface area contributed by atoms with Crippen LogP contribution in [0, 0.1) is 0 Å². The summed E-state index contributed by atoms with van der Waals surface area (Å²) in [5.74, 6) is 0. The quantitative estimate of drug-likeness (QED) is 0.0846. The van der Waals surface area contributed by atoms with Crippen LogP contribution in [0.1, 0.15) is 160 Å². The highest BCUT2D eigenvalue weighted by Gasteiger charge is 2.52. The molecule has 5 nitrogen and oxygen atoms in total. The van der Waals surface area contributed by atoms with E-state index in [0.29, 0.717) is 23.2 Å². The molecule has 1 saturated heterocycles. The summed E-state index contributed by atoms with van der Waals surface area (Å²) >= 11 is 0. The van der Waals surface area contributed by atoms with E-state index in [0.717, 1.165) is 6.42 Å². The number of ether oxygens (including phenoxy) is 2. The number of allylic oxidation sites excluding steroid dienone is 1. The molecule has 0 N–H and O–H groups in total. The number of hydrogen-bond acceptors (Lipinski definition) is 4. The Morgan fingerprint density at radius 2 is 1.32 bits per heavy atom. The van der Waals surface area contributed by atoms with Crippen LogP contribution in [-0.2, 0) is 13.9 Å². The van der Waals surface area contributed by atoms with Crippen molar-refractivity contribution in [2.75, 3.05) is 6.61 Å². The lowest BCUT2D eigenvalue weighted by molar-refractivity contribution is -0.0723. The maximum Gasteiger partial charge on any atom is 0.413 e. The van der Waals surface area contributed by atoms with E-state index in [4.69, 9.17) is 13.9 Å². The van der Waals surface area contributed by atoms with Crippen molar-refractivity contribution in [3.8, 4) is 0 Å². The normalized spacial score (nSPS) is 19.8. The summed E-state index contributed by atoms with van der Waals surface area (Å²) in [6.07, 6.45) is 19.8. The molecule has 6 heteroatoms. The fraction of sp³-hybridized carbons (Fsp3) is 0.914. The van der Waals surface area contributed by atoms with Gasteiger partial charge in [-0.05, 0) is 64.1 Å². The van der Waals surface area contributed by atoms with Crippen LogP contribution < -0.4 is 0 Å². The molecule has 0 aromatic rings. The molecular formula is C35H69NO4Si. The number of carbonyl (C=O) groups excluding carboxylic acids is 1. The van der Waals surface area contributed by atoms with Gasteiger partial charge in [0.15, 0.2) is 8.32 Å². The van der Waals surface area contributed by atoms with Crippen molar-refractivity contribution in [2.24, 2.45) is 0 Å². The molecule has 0 saturated carbocycles. The summed E-state index contributed by atoms with van der Waals surface area (Å²) < 4.78 is 19.4. The molecule has 0 radical (unpaired) electrons. The molecule has 0 unspecified atom stereocenters. The average molecular weight is 596 g/mol. The van der Waals surface area contributed by atoms with E-state index in [2.05, 4.69) is 60.6 Å². The zero-order valence-corrected chi connectivity index (χ0v) is 30.3. The van der Waals surface area contributed by atoms with Gasteiger partial charge in [0, 0.05) is 0 Å². The van der Waals surface area contributed by atoms with Crippen molar-refractivity contribution < 1.29 is 18.7 Å². The lowest BCUT2D eigenvalue weighted by atomic mass is 10.0. The molecule has 0 spiro atoms. The van der Waals surface area contributed by atoms with Gasteiger partial charge >= 0.3 is 6.09 Å². The largest absolute Gasteiger partial charge is 0.444 e. The highest BCUT2D eigenvalue weighted by Crippen LogP contribution is 2.43. The summed E-state index contributed by atoms with van der Waals surface area (Å²) in [5, 5.41) is 0. The number of nitrogens with zero attached hydrogens (tertiary/aromatic N) is 1. The first kappa shape index (κ1) is 38.2. The van der Waals surface area contributed by atoms with Crippen molar-refractivity contribution >= 4 is 14.4 Å². The van der Waals surface area contributed by atoms with Crippen LogP contribution in [0.5, 0.6) is 0 Å². The zero-order valence-electron chi connectivity index (χ0n) is 29.3. The molecule has 0 aromatic heterocycles. The van der Waals surface area contributed by atoms with E-state index in [9.17, 15) is 4.79 Å². The first-order valence-corrected chi connectivity index (χ1v) is 19.2. The molecule has 242 valence electrons. The molecule has 1 aliphatic rings. The van der Waals surface area contributed by atoms with Gasteiger partial charge in [-0.1, -0.05) is 125 Å². The third-order valence-corrected chi connectivity index (χ3v) is 14.9. The topological polar surface area (TPSA) is 48.0 Å². The zero-order chi connectivity index (χ0) is 31.3. The SMILES string of the molecule is CCCCCCCCCCCCC/C=C/[C@H]1OC(C)(C)N(C(=O)OC(C)(C)C)[C@H]1CO[Si](C(C)C)(C(C)C)C(C)C. The minimum atomic E-state index is -2.11. The van der Waals surface area contributed by atoms with Gasteiger partial charge in [-0.25, -0.2) is 4.79 Å². The lowest BCUT2D eigenvalue weighted by Gasteiger charge is -2.44.